The molecule has 6 heteroatoms. The number of carbonyl (C=O) groups excluding carboxylic acids is 2. The molecule has 138 valence electrons. The first-order chi connectivity index (χ1) is 12.7. The van der Waals surface area contributed by atoms with Crippen LogP contribution in [0.25, 0.3) is 0 Å². The van der Waals surface area contributed by atoms with E-state index in [1.54, 1.807) is 30.3 Å². The molecule has 26 heavy (non-hydrogen) atoms. The molecule has 0 bridgehead atoms. The maximum Gasteiger partial charge on any atom is 0.274 e. The molecule has 6 nitrogen and oxygen atoms in total. The zero-order valence-electron chi connectivity index (χ0n) is 15.2. The van der Waals surface area contributed by atoms with E-state index in [2.05, 4.69) is 22.5 Å². The maximum atomic E-state index is 12.5. The Morgan fingerprint density at radius 3 is 2.42 bits per heavy atom. The van der Waals surface area contributed by atoms with Crippen LogP contribution in [-0.4, -0.2) is 29.9 Å². The van der Waals surface area contributed by atoms with Crippen molar-refractivity contribution in [1.29, 1.82) is 0 Å². The van der Waals surface area contributed by atoms with E-state index < -0.39 is 5.91 Å². The van der Waals surface area contributed by atoms with Gasteiger partial charge < -0.3 is 15.4 Å². The van der Waals surface area contributed by atoms with Gasteiger partial charge in [-0.3, -0.25) is 9.59 Å². The lowest BCUT2D eigenvalue weighted by Crippen LogP contribution is -2.26. The first kappa shape index (κ1) is 19.4. The highest BCUT2D eigenvalue weighted by atomic mass is 16.5. The quantitative estimate of drug-likeness (QED) is 0.673. The molecule has 0 spiro atoms. The molecular weight excluding hydrogens is 330 g/mol. The van der Waals surface area contributed by atoms with Crippen LogP contribution >= 0.6 is 0 Å². The van der Waals surface area contributed by atoms with Crippen LogP contribution < -0.4 is 15.4 Å². The fraction of sp³-hybridized carbons (Fsp3) is 0.350. The third-order valence-corrected chi connectivity index (χ3v) is 3.72. The molecule has 1 aromatic carbocycles. The molecule has 2 N–H and O–H groups in total. The van der Waals surface area contributed by atoms with Gasteiger partial charge >= 0.3 is 0 Å². The van der Waals surface area contributed by atoms with Crippen LogP contribution in [0.2, 0.25) is 0 Å². The lowest BCUT2D eigenvalue weighted by molar-refractivity contribution is 0.0947. The number of hydrogen-bond acceptors (Lipinski definition) is 4. The molecule has 0 atom stereocenters. The number of aromatic nitrogens is 1. The molecule has 2 amide bonds. The van der Waals surface area contributed by atoms with Gasteiger partial charge in [-0.1, -0.05) is 38.0 Å². The van der Waals surface area contributed by atoms with Crippen molar-refractivity contribution in [2.75, 3.05) is 18.5 Å². The summed E-state index contributed by atoms with van der Waals surface area (Å²) < 4.78 is 5.50. The number of anilines is 1. The fourth-order valence-electron chi connectivity index (χ4n) is 2.39. The second-order valence-corrected chi connectivity index (χ2v) is 5.75. The van der Waals surface area contributed by atoms with Gasteiger partial charge in [-0.25, -0.2) is 4.98 Å². The van der Waals surface area contributed by atoms with Gasteiger partial charge in [-0.15, -0.1) is 0 Å². The molecule has 0 aliphatic carbocycles. The van der Waals surface area contributed by atoms with Gasteiger partial charge in [-0.05, 0) is 37.6 Å². The Bertz CT molecular complexity index is 747. The van der Waals surface area contributed by atoms with Gasteiger partial charge in [0.05, 0.1) is 12.3 Å². The van der Waals surface area contributed by atoms with Gasteiger partial charge in [0, 0.05) is 6.54 Å². The highest BCUT2D eigenvalue weighted by molar-refractivity contribution is 6.04. The highest BCUT2D eigenvalue weighted by Gasteiger charge is 2.14. The predicted octanol–water partition coefficient (Wildman–Crippen LogP) is 3.65. The minimum absolute atomic E-state index is 0.178. The number of pyridine rings is 1. The van der Waals surface area contributed by atoms with Crippen molar-refractivity contribution >= 4 is 17.5 Å². The Labute approximate surface area is 154 Å². The van der Waals surface area contributed by atoms with Gasteiger partial charge in [0.2, 0.25) is 0 Å². The number of para-hydroxylation sites is 2. The number of hydrogen-bond donors (Lipinski definition) is 2. The molecule has 0 saturated heterocycles. The van der Waals surface area contributed by atoms with E-state index in [0.717, 1.165) is 19.3 Å². The van der Waals surface area contributed by atoms with Crippen molar-refractivity contribution in [3.8, 4) is 5.75 Å². The van der Waals surface area contributed by atoms with Crippen molar-refractivity contribution in [3.63, 3.8) is 0 Å². The smallest absolute Gasteiger partial charge is 0.274 e. The summed E-state index contributed by atoms with van der Waals surface area (Å²) in [5, 5.41) is 5.60. The summed E-state index contributed by atoms with van der Waals surface area (Å²) in [5.41, 5.74) is 0.973. The Balaban J connectivity index is 2.05. The van der Waals surface area contributed by atoms with Crippen LogP contribution in [0, 0.1) is 0 Å². The molecule has 2 aromatic rings. The fourth-order valence-corrected chi connectivity index (χ4v) is 2.39. The molecule has 1 aromatic heterocycles. The molecule has 0 saturated carbocycles. The number of benzene rings is 1. The molecule has 0 radical (unpaired) electrons. The summed E-state index contributed by atoms with van der Waals surface area (Å²) in [4.78, 5) is 28.8. The SMILES string of the molecule is CCCCCNC(=O)c1cccc(C(=O)Nc2ccccc2OCC)n1. The number of rotatable bonds is 9. The number of amides is 2. The van der Waals surface area contributed by atoms with E-state index in [1.807, 2.05) is 19.1 Å². The Hall–Kier alpha value is -2.89. The summed E-state index contributed by atoms with van der Waals surface area (Å²) in [5.74, 6) is -0.0728. The predicted molar refractivity (Wildman–Crippen MR) is 102 cm³/mol. The van der Waals surface area contributed by atoms with Crippen LogP contribution in [0.1, 0.15) is 54.1 Å². The molecular formula is C20H25N3O3. The lowest BCUT2D eigenvalue weighted by atomic mass is 10.2. The normalized spacial score (nSPS) is 10.2. The monoisotopic (exact) mass is 355 g/mol. The summed E-state index contributed by atoms with van der Waals surface area (Å²) in [6.45, 7) is 5.09. The van der Waals surface area contributed by atoms with Gasteiger partial charge in [-0.2, -0.15) is 0 Å². The second-order valence-electron chi connectivity index (χ2n) is 5.75. The third kappa shape index (κ3) is 5.58. The standard InChI is InChI=1S/C20H25N3O3/c1-3-5-8-14-21-19(24)16-11-9-12-17(22-16)20(25)23-15-10-6-7-13-18(15)26-4-2/h6-7,9-13H,3-5,8,14H2,1-2H3,(H,21,24)(H,23,25). The summed E-state index contributed by atoms with van der Waals surface area (Å²) in [6, 6.07) is 12.0. The zero-order chi connectivity index (χ0) is 18.8. The Kier molecular flexibility index (Phi) is 7.61. The average molecular weight is 355 g/mol. The molecule has 0 aliphatic heterocycles. The first-order valence-electron chi connectivity index (χ1n) is 8.94. The largest absolute Gasteiger partial charge is 0.492 e. The maximum absolute atomic E-state index is 12.5. The first-order valence-corrected chi connectivity index (χ1v) is 8.94. The van der Waals surface area contributed by atoms with Gasteiger partial charge in [0.25, 0.3) is 11.8 Å². The third-order valence-electron chi connectivity index (χ3n) is 3.72. The summed E-state index contributed by atoms with van der Waals surface area (Å²) in [7, 11) is 0. The lowest BCUT2D eigenvalue weighted by Gasteiger charge is -2.11. The number of carbonyl (C=O) groups is 2. The van der Waals surface area contributed by atoms with Gasteiger partial charge in [0.15, 0.2) is 0 Å². The molecule has 2 rings (SSSR count). The summed E-state index contributed by atoms with van der Waals surface area (Å²) in [6.07, 6.45) is 3.08. The highest BCUT2D eigenvalue weighted by Crippen LogP contribution is 2.24. The van der Waals surface area contributed by atoms with E-state index in [9.17, 15) is 9.59 Å². The van der Waals surface area contributed by atoms with Crippen LogP contribution in [0.15, 0.2) is 42.5 Å². The second kappa shape index (κ2) is 10.2. The number of nitrogens with zero attached hydrogens (tertiary/aromatic N) is 1. The van der Waals surface area contributed by atoms with Crippen LogP contribution in [0.4, 0.5) is 5.69 Å². The average Bonchev–Trinajstić information content (AvgIpc) is 2.67. The van der Waals surface area contributed by atoms with Gasteiger partial charge in [0.1, 0.15) is 17.1 Å². The van der Waals surface area contributed by atoms with Crippen LogP contribution in [0.5, 0.6) is 5.75 Å². The van der Waals surface area contributed by atoms with E-state index in [4.69, 9.17) is 4.74 Å². The zero-order valence-corrected chi connectivity index (χ0v) is 15.2. The van der Waals surface area contributed by atoms with Crippen LogP contribution in [-0.2, 0) is 0 Å². The van der Waals surface area contributed by atoms with E-state index in [0.29, 0.717) is 24.6 Å². The number of ether oxygens (including phenoxy) is 1. The molecule has 0 aliphatic rings. The molecule has 0 unspecified atom stereocenters. The topological polar surface area (TPSA) is 80.3 Å². The van der Waals surface area contributed by atoms with Crippen molar-refractivity contribution in [2.24, 2.45) is 0 Å². The van der Waals surface area contributed by atoms with E-state index in [-0.39, 0.29) is 17.3 Å². The Morgan fingerprint density at radius 1 is 0.962 bits per heavy atom. The van der Waals surface area contributed by atoms with Crippen molar-refractivity contribution in [3.05, 3.63) is 53.9 Å². The number of nitrogens with one attached hydrogen (secondary N) is 2. The Morgan fingerprint density at radius 2 is 1.69 bits per heavy atom. The minimum atomic E-state index is -0.391. The molecule has 1 heterocycles. The van der Waals surface area contributed by atoms with Crippen molar-refractivity contribution < 1.29 is 14.3 Å². The summed E-state index contributed by atoms with van der Waals surface area (Å²) >= 11 is 0. The van der Waals surface area contributed by atoms with Crippen molar-refractivity contribution in [1.82, 2.24) is 10.3 Å². The van der Waals surface area contributed by atoms with Crippen molar-refractivity contribution in [2.45, 2.75) is 33.1 Å². The van der Waals surface area contributed by atoms with Crippen LogP contribution in [0.3, 0.4) is 0 Å². The van der Waals surface area contributed by atoms with E-state index in [1.165, 1.54) is 0 Å². The van der Waals surface area contributed by atoms with E-state index >= 15 is 0 Å². The number of unbranched alkanes of at least 4 members (excludes halogenated alkanes) is 2. The molecule has 0 fully saturated rings. The minimum Gasteiger partial charge on any atom is -0.492 e.